The van der Waals surface area contributed by atoms with Gasteiger partial charge in [0.05, 0.1) is 12.2 Å². The number of benzene rings is 1. The van der Waals surface area contributed by atoms with E-state index in [-0.39, 0.29) is 6.10 Å². The average Bonchev–Trinajstić information content (AvgIpc) is 3.03. The van der Waals surface area contributed by atoms with Gasteiger partial charge in [0.2, 0.25) is 0 Å². The number of ether oxygens (including phenoxy) is 1. The Bertz CT molecular complexity index is 641. The molecule has 0 unspecified atom stereocenters. The first kappa shape index (κ1) is 20.2. The number of hydrogen-bond acceptors (Lipinski definition) is 4. The number of aliphatic hydroxyl groups is 1. The zero-order chi connectivity index (χ0) is 19.8. The number of nitrogens with zero attached hydrogens (tertiary/aromatic N) is 2. The quantitative estimate of drug-likeness (QED) is 0.773. The first-order chi connectivity index (χ1) is 13.4. The summed E-state index contributed by atoms with van der Waals surface area (Å²) in [5, 5.41) is 10.5. The summed E-state index contributed by atoms with van der Waals surface area (Å²) >= 11 is 0. The van der Waals surface area contributed by atoms with E-state index in [1.165, 1.54) is 24.9 Å². The maximum Gasteiger partial charge on any atom is 0.0689 e. The third kappa shape index (κ3) is 3.71. The van der Waals surface area contributed by atoms with Gasteiger partial charge in [-0.25, -0.2) is 0 Å². The second-order valence-electron chi connectivity index (χ2n) is 10.0. The zero-order valence-electron chi connectivity index (χ0n) is 17.9. The fourth-order valence-corrected chi connectivity index (χ4v) is 5.95. The largest absolute Gasteiger partial charge is 0.392 e. The molecule has 156 valence electrons. The minimum absolute atomic E-state index is 0.289. The molecule has 2 bridgehead atoms. The monoisotopic (exact) mass is 386 g/mol. The van der Waals surface area contributed by atoms with Crippen molar-refractivity contribution in [2.24, 2.45) is 16.7 Å². The number of fused-ring (bicyclic) bond motifs is 2. The molecule has 1 aromatic carbocycles. The topological polar surface area (TPSA) is 35.9 Å². The molecule has 0 aromatic heterocycles. The first-order valence-electron chi connectivity index (χ1n) is 11.2. The fraction of sp³-hybridized carbons (Fsp3) is 0.750. The molecule has 4 rings (SSSR count). The minimum Gasteiger partial charge on any atom is -0.392 e. The van der Waals surface area contributed by atoms with Gasteiger partial charge in [-0.2, -0.15) is 0 Å². The van der Waals surface area contributed by atoms with E-state index in [1.807, 2.05) is 0 Å². The Morgan fingerprint density at radius 1 is 1.11 bits per heavy atom. The van der Waals surface area contributed by atoms with Crippen molar-refractivity contribution in [2.45, 2.75) is 58.7 Å². The van der Waals surface area contributed by atoms with Gasteiger partial charge in [-0.1, -0.05) is 39.0 Å². The molecule has 1 heterocycles. The van der Waals surface area contributed by atoms with E-state index in [0.29, 0.717) is 23.5 Å². The van der Waals surface area contributed by atoms with Crippen LogP contribution < -0.4 is 4.90 Å². The van der Waals surface area contributed by atoms with Gasteiger partial charge in [-0.3, -0.25) is 4.90 Å². The molecule has 0 amide bonds. The Morgan fingerprint density at radius 3 is 2.43 bits per heavy atom. The van der Waals surface area contributed by atoms with Gasteiger partial charge in [-0.15, -0.1) is 0 Å². The highest BCUT2D eigenvalue weighted by molar-refractivity contribution is 5.46. The smallest absolute Gasteiger partial charge is 0.0689 e. The maximum absolute atomic E-state index is 10.5. The molecule has 4 heteroatoms. The number of anilines is 1. The Hall–Kier alpha value is -1.10. The SMILES string of the molecule is CC1(C)[C@H]2CC[C@@]1(C)[C@H](OCC[C@@H](O)CN1CCN(c3ccccc3)CC1)C2. The van der Waals surface area contributed by atoms with Crippen molar-refractivity contribution < 1.29 is 9.84 Å². The first-order valence-corrected chi connectivity index (χ1v) is 11.2. The highest BCUT2D eigenvalue weighted by Crippen LogP contribution is 2.66. The van der Waals surface area contributed by atoms with Gasteiger partial charge < -0.3 is 14.7 Å². The standard InChI is InChI=1S/C24H38N2O2/c1-23(2)19-9-11-24(23,3)22(17-19)28-16-10-21(27)18-25-12-14-26(15-13-25)20-7-5-4-6-8-20/h4-8,19,21-22,27H,9-18H2,1-3H3/t19-,21+,22+,24-/m0/s1. The Balaban J connectivity index is 1.17. The predicted molar refractivity (Wildman–Crippen MR) is 115 cm³/mol. The van der Waals surface area contributed by atoms with E-state index in [2.05, 4.69) is 60.9 Å². The van der Waals surface area contributed by atoms with E-state index in [0.717, 1.165) is 45.1 Å². The van der Waals surface area contributed by atoms with E-state index in [9.17, 15) is 5.11 Å². The molecule has 3 aliphatic rings. The summed E-state index contributed by atoms with van der Waals surface area (Å²) in [6.45, 7) is 12.8. The van der Waals surface area contributed by atoms with Crippen molar-refractivity contribution in [2.75, 3.05) is 44.2 Å². The van der Waals surface area contributed by atoms with Gasteiger partial charge >= 0.3 is 0 Å². The van der Waals surface area contributed by atoms with Gasteiger partial charge in [0.1, 0.15) is 0 Å². The second kappa shape index (κ2) is 7.97. The van der Waals surface area contributed by atoms with Crippen molar-refractivity contribution in [3.05, 3.63) is 30.3 Å². The van der Waals surface area contributed by atoms with Crippen LogP contribution in [-0.4, -0.2) is 61.5 Å². The molecule has 0 radical (unpaired) electrons. The van der Waals surface area contributed by atoms with E-state index >= 15 is 0 Å². The van der Waals surface area contributed by atoms with Crippen LogP contribution in [0.3, 0.4) is 0 Å². The minimum atomic E-state index is -0.289. The van der Waals surface area contributed by atoms with E-state index in [4.69, 9.17) is 4.74 Å². The van der Waals surface area contributed by atoms with Crippen LogP contribution in [0.15, 0.2) is 30.3 Å². The van der Waals surface area contributed by atoms with Crippen LogP contribution in [0.2, 0.25) is 0 Å². The number of piperazine rings is 1. The van der Waals surface area contributed by atoms with Crippen LogP contribution in [0.25, 0.3) is 0 Å². The van der Waals surface area contributed by atoms with Crippen LogP contribution >= 0.6 is 0 Å². The fourth-order valence-electron chi connectivity index (χ4n) is 5.95. The summed E-state index contributed by atoms with van der Waals surface area (Å²) in [5.41, 5.74) is 2.02. The number of hydrogen-bond donors (Lipinski definition) is 1. The summed E-state index contributed by atoms with van der Waals surface area (Å²) in [7, 11) is 0. The van der Waals surface area contributed by atoms with Crippen LogP contribution in [0.4, 0.5) is 5.69 Å². The van der Waals surface area contributed by atoms with Crippen LogP contribution in [0, 0.1) is 16.7 Å². The van der Waals surface area contributed by atoms with Crippen molar-refractivity contribution in [3.63, 3.8) is 0 Å². The summed E-state index contributed by atoms with van der Waals surface area (Å²) in [6.07, 6.45) is 4.70. The van der Waals surface area contributed by atoms with Gasteiger partial charge in [0.15, 0.2) is 0 Å². The third-order valence-corrected chi connectivity index (χ3v) is 8.45. The highest BCUT2D eigenvalue weighted by atomic mass is 16.5. The molecule has 3 fully saturated rings. The Kier molecular flexibility index (Phi) is 5.74. The average molecular weight is 387 g/mol. The lowest BCUT2D eigenvalue weighted by Crippen LogP contribution is -2.48. The normalized spacial score (nSPS) is 33.4. The Labute approximate surface area is 170 Å². The lowest BCUT2D eigenvalue weighted by atomic mass is 9.70. The van der Waals surface area contributed by atoms with Crippen LogP contribution in [-0.2, 0) is 4.74 Å². The summed E-state index contributed by atoms with van der Waals surface area (Å²) in [5.74, 6) is 0.813. The van der Waals surface area contributed by atoms with Crippen molar-refractivity contribution in [3.8, 4) is 0 Å². The van der Waals surface area contributed by atoms with E-state index < -0.39 is 0 Å². The Morgan fingerprint density at radius 2 is 1.82 bits per heavy atom. The van der Waals surface area contributed by atoms with Crippen molar-refractivity contribution >= 4 is 5.69 Å². The molecule has 4 nitrogen and oxygen atoms in total. The molecule has 1 saturated heterocycles. The molecule has 1 aliphatic heterocycles. The summed E-state index contributed by atoms with van der Waals surface area (Å²) < 4.78 is 6.32. The lowest BCUT2D eigenvalue weighted by Gasteiger charge is -2.39. The van der Waals surface area contributed by atoms with Crippen LogP contribution in [0.1, 0.15) is 46.5 Å². The second-order valence-corrected chi connectivity index (χ2v) is 10.0. The third-order valence-electron chi connectivity index (χ3n) is 8.45. The number of β-amino-alcohol motifs (C(OH)–C–C–N with tert-alkyl or cyclic N) is 1. The summed E-state index contributed by atoms with van der Waals surface area (Å²) in [4.78, 5) is 4.83. The number of rotatable bonds is 7. The molecular formula is C24H38N2O2. The molecule has 1 aromatic rings. The van der Waals surface area contributed by atoms with E-state index in [1.54, 1.807) is 0 Å². The molecule has 1 N–H and O–H groups in total. The highest BCUT2D eigenvalue weighted by Gasteiger charge is 2.61. The molecule has 28 heavy (non-hydrogen) atoms. The van der Waals surface area contributed by atoms with Crippen LogP contribution in [0.5, 0.6) is 0 Å². The molecule has 2 aliphatic carbocycles. The van der Waals surface area contributed by atoms with Gasteiger partial charge in [0, 0.05) is 45.0 Å². The molecular weight excluding hydrogens is 348 g/mol. The van der Waals surface area contributed by atoms with Crippen molar-refractivity contribution in [1.29, 1.82) is 0 Å². The lowest BCUT2D eigenvalue weighted by molar-refractivity contribution is -0.0564. The van der Waals surface area contributed by atoms with Crippen molar-refractivity contribution in [1.82, 2.24) is 4.90 Å². The maximum atomic E-state index is 10.5. The number of para-hydroxylation sites is 1. The predicted octanol–water partition coefficient (Wildman–Crippen LogP) is 3.79. The number of aliphatic hydroxyl groups excluding tert-OH is 1. The zero-order valence-corrected chi connectivity index (χ0v) is 17.9. The molecule has 4 atom stereocenters. The summed E-state index contributed by atoms with van der Waals surface area (Å²) in [6, 6.07) is 10.6. The van der Waals surface area contributed by atoms with Gasteiger partial charge in [0.25, 0.3) is 0 Å². The molecule has 2 saturated carbocycles. The molecule has 0 spiro atoms. The van der Waals surface area contributed by atoms with Gasteiger partial charge in [-0.05, 0) is 54.6 Å².